The molecule has 1 heterocycles. The van der Waals surface area contributed by atoms with Crippen LogP contribution < -0.4 is 10.6 Å². The molecule has 0 radical (unpaired) electrons. The second-order valence-electron chi connectivity index (χ2n) is 5.37. The molecule has 0 spiro atoms. The number of hydrogen-bond acceptors (Lipinski definition) is 3. The van der Waals surface area contributed by atoms with Gasteiger partial charge in [0.2, 0.25) is 5.91 Å². The van der Waals surface area contributed by atoms with Crippen LogP contribution >= 0.6 is 11.6 Å². The first-order chi connectivity index (χ1) is 8.81. The van der Waals surface area contributed by atoms with Gasteiger partial charge in [-0.25, -0.2) is 4.98 Å². The molecule has 1 rings (SSSR count). The third kappa shape index (κ3) is 4.71. The molecule has 19 heavy (non-hydrogen) atoms. The van der Waals surface area contributed by atoms with E-state index in [-0.39, 0.29) is 11.8 Å². The van der Waals surface area contributed by atoms with Gasteiger partial charge in [-0.2, -0.15) is 0 Å². The number of rotatable bonds is 5. The third-order valence-corrected chi connectivity index (χ3v) is 2.91. The number of nitrogens with one attached hydrogen (secondary N) is 2. The van der Waals surface area contributed by atoms with Crippen LogP contribution in [-0.4, -0.2) is 17.4 Å². The van der Waals surface area contributed by atoms with E-state index in [0.29, 0.717) is 16.8 Å². The number of anilines is 2. The first kappa shape index (κ1) is 15.8. The maximum atomic E-state index is 11.6. The van der Waals surface area contributed by atoms with E-state index in [1.54, 1.807) is 6.07 Å². The first-order valence-electron chi connectivity index (χ1n) is 6.53. The molecule has 0 bridgehead atoms. The minimum absolute atomic E-state index is 0.0640. The summed E-state index contributed by atoms with van der Waals surface area (Å²) >= 11 is 6.23. The van der Waals surface area contributed by atoms with Gasteiger partial charge in [0.1, 0.15) is 5.82 Å². The minimum atomic E-state index is -0.0837. The van der Waals surface area contributed by atoms with Gasteiger partial charge < -0.3 is 10.6 Å². The maximum Gasteiger partial charge on any atom is 0.228 e. The Morgan fingerprint density at radius 2 is 2.00 bits per heavy atom. The van der Waals surface area contributed by atoms with Crippen LogP contribution in [0.5, 0.6) is 0 Å². The summed E-state index contributed by atoms with van der Waals surface area (Å²) < 4.78 is 0. The molecular weight excluding hydrogens is 262 g/mol. The molecule has 0 fully saturated rings. The van der Waals surface area contributed by atoms with Gasteiger partial charge in [-0.3, -0.25) is 4.79 Å². The summed E-state index contributed by atoms with van der Waals surface area (Å²) in [5.41, 5.74) is 1.62. The zero-order chi connectivity index (χ0) is 14.6. The average Bonchev–Trinajstić information content (AvgIpc) is 2.27. The van der Waals surface area contributed by atoms with Crippen molar-refractivity contribution in [1.29, 1.82) is 0 Å². The SMILES string of the molecule is Cc1nc(NC(=O)C(C)C)cc(Cl)c1NCC(C)C. The first-order valence-corrected chi connectivity index (χ1v) is 6.91. The molecule has 0 aliphatic rings. The standard InChI is InChI=1S/C14H22ClN3O/c1-8(2)7-16-13-10(5)17-12(6-11(13)15)18-14(19)9(3)4/h6,8-9,16H,7H2,1-5H3,(H,17,18,19). The Hall–Kier alpha value is -1.29. The van der Waals surface area contributed by atoms with Gasteiger partial charge in [-0.05, 0) is 12.8 Å². The normalized spacial score (nSPS) is 10.9. The van der Waals surface area contributed by atoms with Crippen molar-refractivity contribution in [2.45, 2.75) is 34.6 Å². The molecule has 1 aromatic rings. The van der Waals surface area contributed by atoms with E-state index in [2.05, 4.69) is 29.5 Å². The van der Waals surface area contributed by atoms with Crippen molar-refractivity contribution in [2.75, 3.05) is 17.2 Å². The summed E-state index contributed by atoms with van der Waals surface area (Å²) in [6.45, 7) is 10.6. The summed E-state index contributed by atoms with van der Waals surface area (Å²) in [5.74, 6) is 0.873. The Labute approximate surface area is 120 Å². The van der Waals surface area contributed by atoms with Crippen molar-refractivity contribution in [3.63, 3.8) is 0 Å². The summed E-state index contributed by atoms with van der Waals surface area (Å²) in [5, 5.41) is 6.61. The quantitative estimate of drug-likeness (QED) is 0.866. The highest BCUT2D eigenvalue weighted by Gasteiger charge is 2.12. The molecule has 0 aliphatic carbocycles. The van der Waals surface area contributed by atoms with Crippen LogP contribution in [0.1, 0.15) is 33.4 Å². The lowest BCUT2D eigenvalue weighted by atomic mass is 10.2. The summed E-state index contributed by atoms with van der Waals surface area (Å²) in [6, 6.07) is 1.68. The van der Waals surface area contributed by atoms with Crippen molar-refractivity contribution >= 4 is 29.0 Å². The van der Waals surface area contributed by atoms with Crippen LogP contribution in [0.3, 0.4) is 0 Å². The largest absolute Gasteiger partial charge is 0.382 e. The summed E-state index contributed by atoms with van der Waals surface area (Å²) in [6.07, 6.45) is 0. The van der Waals surface area contributed by atoms with Gasteiger partial charge in [-0.1, -0.05) is 39.3 Å². The van der Waals surface area contributed by atoms with Crippen molar-refractivity contribution in [3.8, 4) is 0 Å². The summed E-state index contributed by atoms with van der Waals surface area (Å²) in [7, 11) is 0. The Morgan fingerprint density at radius 3 is 2.47 bits per heavy atom. The van der Waals surface area contributed by atoms with E-state index in [0.717, 1.165) is 17.9 Å². The molecule has 106 valence electrons. The van der Waals surface area contributed by atoms with Crippen molar-refractivity contribution in [1.82, 2.24) is 4.98 Å². The van der Waals surface area contributed by atoms with E-state index in [9.17, 15) is 4.79 Å². The topological polar surface area (TPSA) is 54.0 Å². The molecule has 1 amide bonds. The van der Waals surface area contributed by atoms with E-state index < -0.39 is 0 Å². The molecule has 0 saturated carbocycles. The monoisotopic (exact) mass is 283 g/mol. The Bertz CT molecular complexity index is 435. The van der Waals surface area contributed by atoms with Gasteiger partial charge in [0.05, 0.1) is 16.4 Å². The number of pyridine rings is 1. The molecule has 5 heteroatoms. The van der Waals surface area contributed by atoms with Crippen molar-refractivity contribution in [3.05, 3.63) is 16.8 Å². The van der Waals surface area contributed by atoms with Gasteiger partial charge >= 0.3 is 0 Å². The van der Waals surface area contributed by atoms with Crippen LogP contribution in [0, 0.1) is 18.8 Å². The fourth-order valence-electron chi connectivity index (χ4n) is 1.49. The number of halogens is 1. The van der Waals surface area contributed by atoms with Crippen LogP contribution in [-0.2, 0) is 4.79 Å². The second-order valence-corrected chi connectivity index (χ2v) is 5.78. The maximum absolute atomic E-state index is 11.6. The van der Waals surface area contributed by atoms with Crippen LogP contribution in [0.25, 0.3) is 0 Å². The predicted molar refractivity (Wildman–Crippen MR) is 80.8 cm³/mol. The third-order valence-electron chi connectivity index (χ3n) is 2.61. The molecule has 0 aromatic carbocycles. The smallest absolute Gasteiger partial charge is 0.228 e. The molecular formula is C14H22ClN3O. The average molecular weight is 284 g/mol. The van der Waals surface area contributed by atoms with Gasteiger partial charge in [0, 0.05) is 18.5 Å². The van der Waals surface area contributed by atoms with Gasteiger partial charge in [-0.15, -0.1) is 0 Å². The Morgan fingerprint density at radius 1 is 1.37 bits per heavy atom. The zero-order valence-electron chi connectivity index (χ0n) is 12.2. The number of nitrogens with zero attached hydrogens (tertiary/aromatic N) is 1. The number of carbonyl (C=O) groups is 1. The highest BCUT2D eigenvalue weighted by molar-refractivity contribution is 6.33. The Balaban J connectivity index is 2.87. The van der Waals surface area contributed by atoms with E-state index >= 15 is 0 Å². The molecule has 4 nitrogen and oxygen atoms in total. The number of carbonyl (C=O) groups excluding carboxylic acids is 1. The molecule has 0 unspecified atom stereocenters. The highest BCUT2D eigenvalue weighted by Crippen LogP contribution is 2.27. The van der Waals surface area contributed by atoms with Crippen molar-refractivity contribution < 1.29 is 4.79 Å². The molecule has 2 N–H and O–H groups in total. The van der Waals surface area contributed by atoms with E-state index in [1.807, 2.05) is 20.8 Å². The van der Waals surface area contributed by atoms with E-state index in [4.69, 9.17) is 11.6 Å². The number of aromatic nitrogens is 1. The van der Waals surface area contributed by atoms with Crippen molar-refractivity contribution in [2.24, 2.45) is 11.8 Å². The number of aryl methyl sites for hydroxylation is 1. The van der Waals surface area contributed by atoms with Crippen LogP contribution in [0.15, 0.2) is 6.07 Å². The molecule has 0 saturated heterocycles. The predicted octanol–water partition coefficient (Wildman–Crippen LogP) is 3.71. The second kappa shape index (κ2) is 6.75. The molecule has 1 aromatic heterocycles. The summed E-state index contributed by atoms with van der Waals surface area (Å²) in [4.78, 5) is 16.0. The lowest BCUT2D eigenvalue weighted by Crippen LogP contribution is -2.19. The van der Waals surface area contributed by atoms with E-state index in [1.165, 1.54) is 0 Å². The highest BCUT2D eigenvalue weighted by atomic mass is 35.5. The van der Waals surface area contributed by atoms with Crippen LogP contribution in [0.4, 0.5) is 11.5 Å². The lowest BCUT2D eigenvalue weighted by molar-refractivity contribution is -0.118. The zero-order valence-corrected chi connectivity index (χ0v) is 12.9. The Kier molecular flexibility index (Phi) is 5.60. The van der Waals surface area contributed by atoms with Crippen LogP contribution in [0.2, 0.25) is 5.02 Å². The minimum Gasteiger partial charge on any atom is -0.382 e. The fourth-order valence-corrected chi connectivity index (χ4v) is 1.79. The van der Waals surface area contributed by atoms with Gasteiger partial charge in [0.15, 0.2) is 0 Å². The number of amides is 1. The fraction of sp³-hybridized carbons (Fsp3) is 0.571. The molecule has 0 atom stereocenters. The number of hydrogen-bond donors (Lipinski definition) is 2. The van der Waals surface area contributed by atoms with Gasteiger partial charge in [0.25, 0.3) is 0 Å². The molecule has 0 aliphatic heterocycles. The lowest BCUT2D eigenvalue weighted by Gasteiger charge is -2.15.